The van der Waals surface area contributed by atoms with Crippen LogP contribution in [0.25, 0.3) is 0 Å². The standard InChI is InChI=1S/C15H17F3N4OS/c1-9-10(2)24-13(21-9)7-8-20-14(19)22-11-3-5-12(6-4-11)23-15(16,17)18/h3-6H,7-8H2,1-2H3,(H3,19,20,22). The minimum absolute atomic E-state index is 0.185. The highest BCUT2D eigenvalue weighted by Crippen LogP contribution is 2.23. The molecule has 0 atom stereocenters. The molecule has 1 aromatic heterocycles. The van der Waals surface area contributed by atoms with Crippen molar-refractivity contribution in [2.75, 3.05) is 11.9 Å². The monoisotopic (exact) mass is 358 g/mol. The molecule has 0 amide bonds. The predicted molar refractivity (Wildman–Crippen MR) is 88.5 cm³/mol. The van der Waals surface area contributed by atoms with Crippen LogP contribution >= 0.6 is 11.3 Å². The maximum absolute atomic E-state index is 12.1. The zero-order chi connectivity index (χ0) is 17.7. The summed E-state index contributed by atoms with van der Waals surface area (Å²) >= 11 is 1.63. The van der Waals surface area contributed by atoms with Gasteiger partial charge in [0, 0.05) is 23.5 Å². The highest BCUT2D eigenvalue weighted by atomic mass is 32.1. The van der Waals surface area contributed by atoms with E-state index in [9.17, 15) is 13.2 Å². The van der Waals surface area contributed by atoms with Gasteiger partial charge in [-0.15, -0.1) is 24.5 Å². The second-order valence-corrected chi connectivity index (χ2v) is 6.25. The van der Waals surface area contributed by atoms with Crippen molar-refractivity contribution in [1.82, 2.24) is 4.98 Å². The maximum atomic E-state index is 12.1. The minimum Gasteiger partial charge on any atom is -0.406 e. The summed E-state index contributed by atoms with van der Waals surface area (Å²) in [5.41, 5.74) is 7.30. The fourth-order valence-electron chi connectivity index (χ4n) is 1.85. The number of ether oxygens (including phenoxy) is 1. The molecule has 0 aliphatic carbocycles. The van der Waals surface area contributed by atoms with Crippen molar-refractivity contribution in [2.45, 2.75) is 26.6 Å². The number of rotatable bonds is 5. The summed E-state index contributed by atoms with van der Waals surface area (Å²) in [7, 11) is 0. The molecule has 0 aliphatic rings. The van der Waals surface area contributed by atoms with Crippen LogP contribution in [0.2, 0.25) is 0 Å². The van der Waals surface area contributed by atoms with Crippen LogP contribution in [0, 0.1) is 13.8 Å². The van der Waals surface area contributed by atoms with Crippen molar-refractivity contribution in [3.8, 4) is 5.75 Å². The number of anilines is 1. The van der Waals surface area contributed by atoms with E-state index < -0.39 is 6.36 Å². The molecule has 0 aliphatic heterocycles. The van der Waals surface area contributed by atoms with E-state index in [1.165, 1.54) is 29.1 Å². The Hall–Kier alpha value is -2.29. The third-order valence-corrected chi connectivity index (χ3v) is 4.17. The van der Waals surface area contributed by atoms with Gasteiger partial charge in [0.05, 0.1) is 10.7 Å². The summed E-state index contributed by atoms with van der Waals surface area (Å²) < 4.78 is 40.0. The Kier molecular flexibility index (Phi) is 5.66. The molecule has 9 heteroatoms. The Morgan fingerprint density at radius 2 is 1.96 bits per heavy atom. The maximum Gasteiger partial charge on any atom is 0.573 e. The van der Waals surface area contributed by atoms with Crippen molar-refractivity contribution >= 4 is 23.0 Å². The number of nitrogens with zero attached hydrogens (tertiary/aromatic N) is 2. The number of thiazole rings is 1. The minimum atomic E-state index is -4.71. The number of aliphatic imine (C=N–C) groups is 1. The van der Waals surface area contributed by atoms with Gasteiger partial charge in [-0.3, -0.25) is 4.99 Å². The van der Waals surface area contributed by atoms with Gasteiger partial charge in [0.2, 0.25) is 0 Å². The molecule has 0 bridgehead atoms. The van der Waals surface area contributed by atoms with Gasteiger partial charge in [-0.25, -0.2) is 4.98 Å². The molecule has 24 heavy (non-hydrogen) atoms. The molecule has 0 unspecified atom stereocenters. The molecule has 1 heterocycles. The summed E-state index contributed by atoms with van der Waals surface area (Å²) in [6.45, 7) is 4.45. The summed E-state index contributed by atoms with van der Waals surface area (Å²) in [4.78, 5) is 9.77. The average Bonchev–Trinajstić information content (AvgIpc) is 2.78. The van der Waals surface area contributed by atoms with E-state index in [0.29, 0.717) is 18.7 Å². The highest BCUT2D eigenvalue weighted by molar-refractivity contribution is 7.11. The third-order valence-electron chi connectivity index (χ3n) is 3.04. The number of aryl methyl sites for hydroxylation is 2. The van der Waals surface area contributed by atoms with Crippen molar-refractivity contribution in [3.05, 3.63) is 39.8 Å². The number of benzene rings is 1. The molecule has 5 nitrogen and oxygen atoms in total. The first kappa shape index (κ1) is 18.1. The van der Waals surface area contributed by atoms with Gasteiger partial charge in [0.25, 0.3) is 0 Å². The smallest absolute Gasteiger partial charge is 0.406 e. The van der Waals surface area contributed by atoms with E-state index in [1.807, 2.05) is 13.8 Å². The van der Waals surface area contributed by atoms with Crippen molar-refractivity contribution in [2.24, 2.45) is 10.7 Å². The lowest BCUT2D eigenvalue weighted by molar-refractivity contribution is -0.274. The summed E-state index contributed by atoms with van der Waals surface area (Å²) in [6.07, 6.45) is -4.03. The Bertz CT molecular complexity index is 691. The van der Waals surface area contributed by atoms with E-state index in [1.54, 1.807) is 11.3 Å². The number of alkyl halides is 3. The van der Waals surface area contributed by atoms with Crippen LogP contribution in [0.15, 0.2) is 29.3 Å². The highest BCUT2D eigenvalue weighted by Gasteiger charge is 2.30. The molecule has 0 saturated carbocycles. The summed E-state index contributed by atoms with van der Waals surface area (Å²) in [6, 6.07) is 5.25. The van der Waals surface area contributed by atoms with Gasteiger partial charge in [-0.2, -0.15) is 0 Å². The molecule has 2 aromatic rings. The average molecular weight is 358 g/mol. The lowest BCUT2D eigenvalue weighted by Gasteiger charge is -2.10. The summed E-state index contributed by atoms with van der Waals surface area (Å²) in [5, 5.41) is 3.80. The fourth-order valence-corrected chi connectivity index (χ4v) is 2.77. The topological polar surface area (TPSA) is 72.5 Å². The normalized spacial score (nSPS) is 12.3. The Morgan fingerprint density at radius 3 is 2.50 bits per heavy atom. The van der Waals surface area contributed by atoms with E-state index in [4.69, 9.17) is 5.73 Å². The molecule has 2 rings (SSSR count). The number of guanidine groups is 1. The van der Waals surface area contributed by atoms with Gasteiger partial charge in [-0.05, 0) is 38.1 Å². The molecular formula is C15H17F3N4OS. The zero-order valence-electron chi connectivity index (χ0n) is 13.1. The van der Waals surface area contributed by atoms with Crippen LogP contribution in [0.4, 0.5) is 18.9 Å². The second-order valence-electron chi connectivity index (χ2n) is 4.96. The largest absolute Gasteiger partial charge is 0.573 e. The number of nitrogens with one attached hydrogen (secondary N) is 1. The Labute approximate surface area is 141 Å². The van der Waals surface area contributed by atoms with Crippen molar-refractivity contribution < 1.29 is 17.9 Å². The first-order valence-electron chi connectivity index (χ1n) is 7.08. The SMILES string of the molecule is Cc1nc(CCN=C(N)Nc2ccc(OC(F)(F)F)cc2)sc1C. The first-order valence-corrected chi connectivity index (χ1v) is 7.90. The van der Waals surface area contributed by atoms with E-state index in [2.05, 4.69) is 20.0 Å². The molecule has 0 saturated heterocycles. The molecule has 1 aromatic carbocycles. The van der Waals surface area contributed by atoms with Crippen LogP contribution in [-0.2, 0) is 6.42 Å². The lowest BCUT2D eigenvalue weighted by atomic mass is 10.3. The van der Waals surface area contributed by atoms with Crippen LogP contribution < -0.4 is 15.8 Å². The number of halogens is 3. The number of nitrogens with two attached hydrogens (primary N) is 1. The summed E-state index contributed by atoms with van der Waals surface area (Å²) in [5.74, 6) is -0.109. The van der Waals surface area contributed by atoms with Crippen molar-refractivity contribution in [1.29, 1.82) is 0 Å². The quantitative estimate of drug-likeness (QED) is 0.632. The Balaban J connectivity index is 1.85. The van der Waals surface area contributed by atoms with Gasteiger partial charge >= 0.3 is 6.36 Å². The van der Waals surface area contributed by atoms with Crippen LogP contribution in [0.5, 0.6) is 5.75 Å². The zero-order valence-corrected chi connectivity index (χ0v) is 14.0. The predicted octanol–water partition coefficient (Wildman–Crippen LogP) is 3.63. The van der Waals surface area contributed by atoms with Gasteiger partial charge in [0.1, 0.15) is 5.75 Å². The van der Waals surface area contributed by atoms with E-state index in [0.717, 1.165) is 10.7 Å². The van der Waals surface area contributed by atoms with Gasteiger partial charge in [-0.1, -0.05) is 0 Å². The first-order chi connectivity index (χ1) is 11.2. The molecule has 3 N–H and O–H groups in total. The number of aromatic nitrogens is 1. The Morgan fingerprint density at radius 1 is 1.29 bits per heavy atom. The van der Waals surface area contributed by atoms with Crippen LogP contribution in [-0.4, -0.2) is 23.9 Å². The molecule has 0 fully saturated rings. The molecular weight excluding hydrogens is 341 g/mol. The second kappa shape index (κ2) is 7.52. The van der Waals surface area contributed by atoms with Gasteiger partial charge < -0.3 is 15.8 Å². The van der Waals surface area contributed by atoms with Gasteiger partial charge in [0.15, 0.2) is 5.96 Å². The fraction of sp³-hybridized carbons (Fsp3) is 0.333. The van der Waals surface area contributed by atoms with E-state index in [-0.39, 0.29) is 11.7 Å². The molecule has 0 spiro atoms. The number of hydrogen-bond acceptors (Lipinski definition) is 4. The molecule has 130 valence electrons. The van der Waals surface area contributed by atoms with Crippen molar-refractivity contribution in [3.63, 3.8) is 0 Å². The van der Waals surface area contributed by atoms with E-state index >= 15 is 0 Å². The molecule has 0 radical (unpaired) electrons. The van der Waals surface area contributed by atoms with Crippen LogP contribution in [0.3, 0.4) is 0 Å². The van der Waals surface area contributed by atoms with Crippen LogP contribution in [0.1, 0.15) is 15.6 Å². The third kappa shape index (κ3) is 5.73. The lowest BCUT2D eigenvalue weighted by Crippen LogP contribution is -2.23. The number of hydrogen-bond donors (Lipinski definition) is 2.